The van der Waals surface area contributed by atoms with E-state index in [2.05, 4.69) is 5.32 Å². The smallest absolute Gasteiger partial charge is 0.356 e. The van der Waals surface area contributed by atoms with Crippen molar-refractivity contribution in [1.82, 2.24) is 0 Å². The van der Waals surface area contributed by atoms with E-state index in [1.165, 1.54) is 0 Å². The predicted octanol–water partition coefficient (Wildman–Crippen LogP) is 1.76. The lowest BCUT2D eigenvalue weighted by Crippen LogP contribution is -2.31. The summed E-state index contributed by atoms with van der Waals surface area (Å²) in [6.45, 7) is 2.36. The molecular weight excluding hydrogens is 206 g/mol. The molecule has 1 unspecified atom stereocenters. The number of aliphatic hydroxyl groups is 1. The van der Waals surface area contributed by atoms with Crippen molar-refractivity contribution in [3.05, 3.63) is 30.3 Å². The van der Waals surface area contributed by atoms with Crippen molar-refractivity contribution in [1.29, 1.82) is 0 Å². The molecule has 0 fully saturated rings. The highest BCUT2D eigenvalue weighted by Crippen LogP contribution is 2.06. The third-order valence-electron chi connectivity index (χ3n) is 2.04. The number of hydrogen-bond acceptors (Lipinski definition) is 4. The fourth-order valence-electron chi connectivity index (χ4n) is 1.15. The van der Waals surface area contributed by atoms with Gasteiger partial charge < -0.3 is 15.2 Å². The monoisotopic (exact) mass is 223 g/mol. The summed E-state index contributed by atoms with van der Waals surface area (Å²) in [5, 5.41) is 12.1. The lowest BCUT2D eigenvalue weighted by atomic mass is 10.3. The molecule has 0 aliphatic carbocycles. The number of unbranched alkanes of at least 4 members (excludes halogenated alkanes) is 1. The number of rotatable bonds is 6. The second-order valence-corrected chi connectivity index (χ2v) is 3.43. The molecule has 1 aromatic carbocycles. The van der Waals surface area contributed by atoms with E-state index in [-0.39, 0.29) is 0 Å². The van der Waals surface area contributed by atoms with Gasteiger partial charge in [-0.25, -0.2) is 4.79 Å². The van der Waals surface area contributed by atoms with Gasteiger partial charge in [0.25, 0.3) is 0 Å². The van der Waals surface area contributed by atoms with Crippen LogP contribution >= 0.6 is 0 Å². The van der Waals surface area contributed by atoms with Crippen molar-refractivity contribution in [2.24, 2.45) is 0 Å². The summed E-state index contributed by atoms with van der Waals surface area (Å²) >= 11 is 0. The summed E-state index contributed by atoms with van der Waals surface area (Å²) in [5.74, 6) is -0.641. The van der Waals surface area contributed by atoms with Gasteiger partial charge in [-0.3, -0.25) is 0 Å². The summed E-state index contributed by atoms with van der Waals surface area (Å²) in [6.07, 6.45) is 0.457. The maximum absolute atomic E-state index is 11.3. The van der Waals surface area contributed by atoms with E-state index in [4.69, 9.17) is 4.74 Å². The molecule has 1 rings (SSSR count). The average Bonchev–Trinajstić information content (AvgIpc) is 2.30. The Hall–Kier alpha value is -1.55. The Morgan fingerprint density at radius 2 is 2.12 bits per heavy atom. The van der Waals surface area contributed by atoms with Gasteiger partial charge in [0.15, 0.2) is 0 Å². The Kier molecular flexibility index (Phi) is 5.36. The van der Waals surface area contributed by atoms with E-state index < -0.39 is 12.2 Å². The van der Waals surface area contributed by atoms with Gasteiger partial charge in [-0.1, -0.05) is 31.5 Å². The second-order valence-electron chi connectivity index (χ2n) is 3.43. The first-order valence-electron chi connectivity index (χ1n) is 5.40. The molecule has 0 aliphatic heterocycles. The van der Waals surface area contributed by atoms with E-state index in [0.717, 1.165) is 12.8 Å². The zero-order valence-electron chi connectivity index (χ0n) is 9.35. The molecule has 0 amide bonds. The Morgan fingerprint density at radius 1 is 1.44 bits per heavy atom. The molecule has 88 valence electrons. The fraction of sp³-hybridized carbons (Fsp3) is 0.417. The highest BCUT2D eigenvalue weighted by atomic mass is 16.5. The number of ether oxygens (including phenoxy) is 1. The van der Waals surface area contributed by atoms with Crippen molar-refractivity contribution in [3.8, 4) is 0 Å². The minimum atomic E-state index is -1.31. The number of carbonyl (C=O) groups excluding carboxylic acids is 1. The van der Waals surface area contributed by atoms with E-state index in [0.29, 0.717) is 12.3 Å². The first-order chi connectivity index (χ1) is 7.74. The molecule has 4 nitrogen and oxygen atoms in total. The summed E-state index contributed by atoms with van der Waals surface area (Å²) in [4.78, 5) is 11.3. The second kappa shape index (κ2) is 6.85. The van der Waals surface area contributed by atoms with Crippen molar-refractivity contribution >= 4 is 11.7 Å². The third kappa shape index (κ3) is 4.31. The average molecular weight is 223 g/mol. The summed E-state index contributed by atoms with van der Waals surface area (Å²) in [5.41, 5.74) is 0.683. The third-order valence-corrected chi connectivity index (χ3v) is 2.04. The Labute approximate surface area is 95.2 Å². The van der Waals surface area contributed by atoms with Crippen LogP contribution < -0.4 is 5.32 Å². The van der Waals surface area contributed by atoms with Gasteiger partial charge in [0, 0.05) is 5.69 Å². The number of benzene rings is 1. The summed E-state index contributed by atoms with van der Waals surface area (Å²) < 4.78 is 4.86. The van der Waals surface area contributed by atoms with Crippen molar-refractivity contribution < 1.29 is 14.6 Å². The predicted molar refractivity (Wildman–Crippen MR) is 61.9 cm³/mol. The largest absolute Gasteiger partial charge is 0.462 e. The number of anilines is 1. The highest BCUT2D eigenvalue weighted by Gasteiger charge is 2.15. The van der Waals surface area contributed by atoms with Crippen LogP contribution in [0.3, 0.4) is 0 Å². The molecule has 0 radical (unpaired) electrons. The molecular formula is C12H17NO3. The van der Waals surface area contributed by atoms with Gasteiger partial charge in [-0.2, -0.15) is 0 Å². The molecule has 16 heavy (non-hydrogen) atoms. The molecule has 0 aromatic heterocycles. The topological polar surface area (TPSA) is 58.6 Å². The van der Waals surface area contributed by atoms with Crippen LogP contribution in [0.4, 0.5) is 5.69 Å². The van der Waals surface area contributed by atoms with Gasteiger partial charge in [-0.15, -0.1) is 0 Å². The highest BCUT2D eigenvalue weighted by molar-refractivity contribution is 5.77. The first-order valence-corrected chi connectivity index (χ1v) is 5.40. The molecule has 2 N–H and O–H groups in total. The van der Waals surface area contributed by atoms with Crippen molar-refractivity contribution in [2.45, 2.75) is 26.0 Å². The Bertz CT molecular complexity index is 313. The van der Waals surface area contributed by atoms with Crippen LogP contribution in [0.2, 0.25) is 0 Å². The van der Waals surface area contributed by atoms with Crippen LogP contribution in [0.25, 0.3) is 0 Å². The molecule has 0 spiro atoms. The Balaban J connectivity index is 2.34. The standard InChI is InChI=1S/C12H17NO3/c1-2-3-9-16-12(15)11(14)13-10-7-5-4-6-8-10/h4-8,11,13-14H,2-3,9H2,1H3. The van der Waals surface area contributed by atoms with Gasteiger partial charge >= 0.3 is 5.97 Å². The SMILES string of the molecule is CCCCOC(=O)C(O)Nc1ccccc1. The first kappa shape index (κ1) is 12.5. The number of para-hydroxylation sites is 1. The minimum absolute atomic E-state index is 0.350. The number of carbonyl (C=O) groups is 1. The normalized spacial score (nSPS) is 11.9. The van der Waals surface area contributed by atoms with Gasteiger partial charge in [0.1, 0.15) is 0 Å². The zero-order chi connectivity index (χ0) is 11.8. The molecule has 0 aliphatic rings. The van der Waals surface area contributed by atoms with Crippen LogP contribution in [0.1, 0.15) is 19.8 Å². The Morgan fingerprint density at radius 3 is 2.75 bits per heavy atom. The van der Waals surface area contributed by atoms with Crippen LogP contribution in [0.5, 0.6) is 0 Å². The van der Waals surface area contributed by atoms with Crippen LogP contribution in [-0.4, -0.2) is 23.9 Å². The minimum Gasteiger partial charge on any atom is -0.462 e. The quantitative estimate of drug-likeness (QED) is 0.438. The lowest BCUT2D eigenvalue weighted by molar-refractivity contribution is -0.152. The maximum atomic E-state index is 11.3. The van der Waals surface area contributed by atoms with Gasteiger partial charge in [-0.05, 0) is 18.6 Å². The van der Waals surface area contributed by atoms with Gasteiger partial charge in [0.2, 0.25) is 6.23 Å². The number of esters is 1. The van der Waals surface area contributed by atoms with Gasteiger partial charge in [0.05, 0.1) is 6.61 Å². The van der Waals surface area contributed by atoms with E-state index in [1.54, 1.807) is 12.1 Å². The molecule has 0 bridgehead atoms. The summed E-state index contributed by atoms with van der Waals surface area (Å²) in [6, 6.07) is 9.02. The molecule has 0 saturated carbocycles. The lowest BCUT2D eigenvalue weighted by Gasteiger charge is -2.13. The number of hydrogen-bond donors (Lipinski definition) is 2. The number of nitrogens with one attached hydrogen (secondary N) is 1. The van der Waals surface area contributed by atoms with Crippen molar-refractivity contribution in [3.63, 3.8) is 0 Å². The molecule has 0 heterocycles. The van der Waals surface area contributed by atoms with E-state index in [9.17, 15) is 9.90 Å². The van der Waals surface area contributed by atoms with Crippen molar-refractivity contribution in [2.75, 3.05) is 11.9 Å². The van der Waals surface area contributed by atoms with Crippen LogP contribution in [0.15, 0.2) is 30.3 Å². The van der Waals surface area contributed by atoms with Crippen LogP contribution in [-0.2, 0) is 9.53 Å². The molecule has 1 aromatic rings. The molecule has 0 saturated heterocycles. The van der Waals surface area contributed by atoms with E-state index in [1.807, 2.05) is 25.1 Å². The maximum Gasteiger partial charge on any atom is 0.356 e. The zero-order valence-corrected chi connectivity index (χ0v) is 9.35. The fourth-order valence-corrected chi connectivity index (χ4v) is 1.15. The molecule has 1 atom stereocenters. The number of aliphatic hydroxyl groups excluding tert-OH is 1. The molecule has 4 heteroatoms. The summed E-state index contributed by atoms with van der Waals surface area (Å²) in [7, 11) is 0. The van der Waals surface area contributed by atoms with Crippen LogP contribution in [0, 0.1) is 0 Å². The van der Waals surface area contributed by atoms with E-state index >= 15 is 0 Å².